The maximum absolute atomic E-state index is 11.8. The predicted molar refractivity (Wildman–Crippen MR) is 61.6 cm³/mol. The van der Waals surface area contributed by atoms with Crippen molar-refractivity contribution in [1.82, 2.24) is 10.2 Å². The van der Waals surface area contributed by atoms with Gasteiger partial charge in [-0.15, -0.1) is 0 Å². The maximum atomic E-state index is 11.8. The van der Waals surface area contributed by atoms with Crippen LogP contribution in [-0.2, 0) is 9.59 Å². The monoisotopic (exact) mass is 227 g/mol. The van der Waals surface area contributed by atoms with Crippen LogP contribution < -0.4 is 11.1 Å². The van der Waals surface area contributed by atoms with Gasteiger partial charge in [0.25, 0.3) is 0 Å². The molecule has 16 heavy (non-hydrogen) atoms. The lowest BCUT2D eigenvalue weighted by atomic mass is 10.2. The summed E-state index contributed by atoms with van der Waals surface area (Å²) < 4.78 is 0. The van der Waals surface area contributed by atoms with Gasteiger partial charge < -0.3 is 16.0 Å². The lowest BCUT2D eigenvalue weighted by Gasteiger charge is -2.23. The minimum absolute atomic E-state index is 0.276. The molecular weight excluding hydrogens is 206 g/mol. The van der Waals surface area contributed by atoms with E-state index in [0.29, 0.717) is 25.6 Å². The number of nitrogens with two attached hydrogens (primary N) is 1. The number of carbonyl (C=O) groups excluding carboxylic acids is 2. The average molecular weight is 227 g/mol. The lowest BCUT2D eigenvalue weighted by Crippen LogP contribution is -2.46. The van der Waals surface area contributed by atoms with Gasteiger partial charge in [0.15, 0.2) is 0 Å². The Morgan fingerprint density at radius 3 is 2.50 bits per heavy atom. The molecule has 5 heteroatoms. The molecule has 0 radical (unpaired) electrons. The van der Waals surface area contributed by atoms with Crippen molar-refractivity contribution < 1.29 is 9.59 Å². The second-order valence-corrected chi connectivity index (χ2v) is 4.63. The van der Waals surface area contributed by atoms with Crippen LogP contribution in [0.15, 0.2) is 0 Å². The largest absolute Gasteiger partial charge is 0.347 e. The van der Waals surface area contributed by atoms with Crippen LogP contribution in [0.2, 0.25) is 0 Å². The van der Waals surface area contributed by atoms with Gasteiger partial charge in [0.05, 0.1) is 0 Å². The zero-order valence-corrected chi connectivity index (χ0v) is 10.0. The van der Waals surface area contributed by atoms with E-state index in [-0.39, 0.29) is 6.04 Å². The summed E-state index contributed by atoms with van der Waals surface area (Å²) >= 11 is 0. The molecule has 0 atom stereocenters. The number of nitrogens with one attached hydrogen (secondary N) is 1. The predicted octanol–water partition coefficient (Wildman–Crippen LogP) is -0.292. The van der Waals surface area contributed by atoms with E-state index in [2.05, 4.69) is 5.32 Å². The van der Waals surface area contributed by atoms with Crippen molar-refractivity contribution in [2.75, 3.05) is 19.6 Å². The van der Waals surface area contributed by atoms with E-state index in [0.717, 1.165) is 12.8 Å². The third kappa shape index (κ3) is 3.81. The molecule has 5 nitrogen and oxygen atoms in total. The van der Waals surface area contributed by atoms with E-state index < -0.39 is 11.8 Å². The smallest absolute Gasteiger partial charge is 0.312 e. The molecular formula is C11H21N3O2. The van der Waals surface area contributed by atoms with Gasteiger partial charge in [-0.3, -0.25) is 9.59 Å². The molecule has 0 aromatic heterocycles. The van der Waals surface area contributed by atoms with Crippen LogP contribution in [0.4, 0.5) is 0 Å². The Morgan fingerprint density at radius 1 is 1.44 bits per heavy atom. The summed E-state index contributed by atoms with van der Waals surface area (Å²) in [4.78, 5) is 25.0. The van der Waals surface area contributed by atoms with Crippen LogP contribution in [0.5, 0.6) is 0 Å². The first-order valence-corrected chi connectivity index (χ1v) is 5.85. The number of carbonyl (C=O) groups is 2. The molecule has 1 aliphatic rings. The van der Waals surface area contributed by atoms with Gasteiger partial charge >= 0.3 is 11.8 Å². The van der Waals surface area contributed by atoms with Crippen molar-refractivity contribution in [3.63, 3.8) is 0 Å². The molecule has 0 unspecified atom stereocenters. The first-order chi connectivity index (χ1) is 7.56. The summed E-state index contributed by atoms with van der Waals surface area (Å²) in [6.45, 7) is 5.44. The molecule has 1 rings (SSSR count). The number of hydrogen-bond donors (Lipinski definition) is 2. The van der Waals surface area contributed by atoms with E-state index >= 15 is 0 Å². The first kappa shape index (κ1) is 13.0. The third-order valence-corrected chi connectivity index (χ3v) is 2.43. The molecule has 1 fully saturated rings. The first-order valence-electron chi connectivity index (χ1n) is 5.85. The van der Waals surface area contributed by atoms with Crippen molar-refractivity contribution in [3.05, 3.63) is 0 Å². The fourth-order valence-corrected chi connectivity index (χ4v) is 1.57. The van der Waals surface area contributed by atoms with Crippen LogP contribution >= 0.6 is 0 Å². The summed E-state index contributed by atoms with van der Waals surface area (Å²) in [5.41, 5.74) is 5.27. The van der Waals surface area contributed by atoms with Gasteiger partial charge in [-0.2, -0.15) is 0 Å². The van der Waals surface area contributed by atoms with Gasteiger partial charge in [0.1, 0.15) is 0 Å². The van der Waals surface area contributed by atoms with E-state index in [1.165, 1.54) is 0 Å². The minimum atomic E-state index is -0.530. The molecule has 2 amide bonds. The standard InChI is InChI=1S/C11H21N3O2/c1-8(2)7-14(9-3-4-9)11(16)10(15)13-6-5-12/h8-9H,3-7,12H2,1-2H3,(H,13,15). The molecule has 0 heterocycles. The molecule has 1 aliphatic carbocycles. The van der Waals surface area contributed by atoms with Crippen LogP contribution in [0.1, 0.15) is 26.7 Å². The van der Waals surface area contributed by atoms with Crippen molar-refractivity contribution in [3.8, 4) is 0 Å². The Kier molecular flexibility index (Phi) is 4.73. The van der Waals surface area contributed by atoms with E-state index in [9.17, 15) is 9.59 Å². The van der Waals surface area contributed by atoms with E-state index in [4.69, 9.17) is 5.73 Å². The zero-order valence-electron chi connectivity index (χ0n) is 10.0. The highest BCUT2D eigenvalue weighted by atomic mass is 16.2. The van der Waals surface area contributed by atoms with Crippen molar-refractivity contribution in [1.29, 1.82) is 0 Å². The lowest BCUT2D eigenvalue weighted by molar-refractivity contribution is -0.146. The van der Waals surface area contributed by atoms with Crippen molar-refractivity contribution >= 4 is 11.8 Å². The molecule has 0 aromatic carbocycles. The average Bonchev–Trinajstić information content (AvgIpc) is 3.05. The van der Waals surface area contributed by atoms with Crippen LogP contribution in [0.3, 0.4) is 0 Å². The Balaban J connectivity index is 2.49. The summed E-state index contributed by atoms with van der Waals surface area (Å²) in [6, 6.07) is 0.276. The highest BCUT2D eigenvalue weighted by Crippen LogP contribution is 2.27. The molecule has 3 N–H and O–H groups in total. The van der Waals surface area contributed by atoms with Crippen LogP contribution in [0.25, 0.3) is 0 Å². The van der Waals surface area contributed by atoms with E-state index in [1.54, 1.807) is 4.90 Å². The molecule has 0 bridgehead atoms. The fourth-order valence-electron chi connectivity index (χ4n) is 1.57. The minimum Gasteiger partial charge on any atom is -0.347 e. The molecule has 0 spiro atoms. The number of hydrogen-bond acceptors (Lipinski definition) is 3. The summed E-state index contributed by atoms with van der Waals surface area (Å²) in [6.07, 6.45) is 2.03. The molecule has 1 saturated carbocycles. The fraction of sp³-hybridized carbons (Fsp3) is 0.818. The maximum Gasteiger partial charge on any atom is 0.312 e. The summed E-state index contributed by atoms with van der Waals surface area (Å²) in [5, 5.41) is 2.51. The van der Waals surface area contributed by atoms with Gasteiger partial charge in [-0.05, 0) is 18.8 Å². The van der Waals surface area contributed by atoms with Crippen molar-refractivity contribution in [2.45, 2.75) is 32.7 Å². The second-order valence-electron chi connectivity index (χ2n) is 4.63. The Hall–Kier alpha value is -1.10. The topological polar surface area (TPSA) is 75.4 Å². The highest BCUT2D eigenvalue weighted by molar-refractivity contribution is 6.35. The molecule has 0 saturated heterocycles. The van der Waals surface area contributed by atoms with Crippen LogP contribution in [-0.4, -0.2) is 42.4 Å². The Morgan fingerprint density at radius 2 is 2.06 bits per heavy atom. The van der Waals surface area contributed by atoms with Crippen LogP contribution in [0, 0.1) is 5.92 Å². The summed E-state index contributed by atoms with van der Waals surface area (Å²) in [5.74, 6) is -0.561. The normalized spacial score (nSPS) is 15.0. The molecule has 92 valence electrons. The van der Waals surface area contributed by atoms with E-state index in [1.807, 2.05) is 13.8 Å². The SMILES string of the molecule is CC(C)CN(C(=O)C(=O)NCCN)C1CC1. The number of nitrogens with zero attached hydrogens (tertiary/aromatic N) is 1. The Bertz CT molecular complexity index is 262. The molecule has 0 aromatic rings. The van der Waals surface area contributed by atoms with Gasteiger partial charge in [0, 0.05) is 25.7 Å². The van der Waals surface area contributed by atoms with Gasteiger partial charge in [-0.1, -0.05) is 13.8 Å². The summed E-state index contributed by atoms with van der Waals surface area (Å²) in [7, 11) is 0. The third-order valence-electron chi connectivity index (χ3n) is 2.43. The molecule has 0 aliphatic heterocycles. The van der Waals surface area contributed by atoms with Crippen molar-refractivity contribution in [2.24, 2.45) is 11.7 Å². The number of amides is 2. The second kappa shape index (κ2) is 5.84. The van der Waals surface area contributed by atoms with Gasteiger partial charge in [-0.25, -0.2) is 0 Å². The highest BCUT2D eigenvalue weighted by Gasteiger charge is 2.35. The Labute approximate surface area is 96.4 Å². The van der Waals surface area contributed by atoms with Gasteiger partial charge in [0.2, 0.25) is 0 Å². The quantitative estimate of drug-likeness (QED) is 0.634. The zero-order chi connectivity index (χ0) is 12.1. The number of rotatable bonds is 5.